The lowest BCUT2D eigenvalue weighted by Gasteiger charge is -2.16. The molecule has 0 aromatic carbocycles. The van der Waals surface area contributed by atoms with Crippen molar-refractivity contribution in [2.75, 3.05) is 6.61 Å². The van der Waals surface area contributed by atoms with E-state index in [2.05, 4.69) is 15.0 Å². The Kier molecular flexibility index (Phi) is 3.75. The molecule has 2 rings (SSSR count). The number of azide groups is 1. The minimum absolute atomic E-state index is 0.0449. The molecule has 3 atom stereocenters. The van der Waals surface area contributed by atoms with Crippen molar-refractivity contribution in [2.45, 2.75) is 23.1 Å². The Bertz CT molecular complexity index is 590. The van der Waals surface area contributed by atoms with Crippen molar-refractivity contribution in [3.05, 3.63) is 43.5 Å². The van der Waals surface area contributed by atoms with Gasteiger partial charge < -0.3 is 5.11 Å². The molecule has 9 heteroatoms. The molecule has 2 N–H and O–H groups in total. The first kappa shape index (κ1) is 12.7. The summed E-state index contributed by atoms with van der Waals surface area (Å²) in [7, 11) is 0. The molecular formula is C9H11N5O3S. The molecule has 1 unspecified atom stereocenters. The Hall–Kier alpha value is -1.70. The summed E-state index contributed by atoms with van der Waals surface area (Å²) in [6, 6.07) is 0.822. The molecule has 18 heavy (non-hydrogen) atoms. The summed E-state index contributed by atoms with van der Waals surface area (Å²) in [4.78, 5) is 27.6. The van der Waals surface area contributed by atoms with Gasteiger partial charge in [-0.15, -0.1) is 11.8 Å². The van der Waals surface area contributed by atoms with Crippen LogP contribution in [-0.4, -0.2) is 32.6 Å². The second-order valence-corrected chi connectivity index (χ2v) is 5.28. The van der Waals surface area contributed by atoms with E-state index in [1.54, 1.807) is 0 Å². The van der Waals surface area contributed by atoms with Gasteiger partial charge in [-0.25, -0.2) is 4.79 Å². The lowest BCUT2D eigenvalue weighted by Crippen LogP contribution is -2.32. The van der Waals surface area contributed by atoms with Gasteiger partial charge in [0.25, 0.3) is 5.56 Å². The molecule has 1 aliphatic heterocycles. The molecule has 0 aliphatic carbocycles. The number of hydrogen-bond acceptors (Lipinski definition) is 5. The molecule has 0 bridgehead atoms. The zero-order valence-electron chi connectivity index (χ0n) is 9.26. The summed E-state index contributed by atoms with van der Waals surface area (Å²) in [6.07, 6.45) is 1.87. The molecule has 1 aromatic heterocycles. The van der Waals surface area contributed by atoms with Gasteiger partial charge in [-0.05, 0) is 12.0 Å². The first-order valence-corrected chi connectivity index (χ1v) is 6.22. The largest absolute Gasteiger partial charge is 0.395 e. The van der Waals surface area contributed by atoms with Crippen molar-refractivity contribution in [3.8, 4) is 0 Å². The molecule has 0 saturated carbocycles. The number of nitrogens with zero attached hydrogens (tertiary/aromatic N) is 4. The first-order valence-electron chi connectivity index (χ1n) is 5.27. The monoisotopic (exact) mass is 269 g/mol. The van der Waals surface area contributed by atoms with Gasteiger partial charge in [-0.1, -0.05) is 5.11 Å². The zero-order valence-corrected chi connectivity index (χ0v) is 10.1. The van der Waals surface area contributed by atoms with Gasteiger partial charge in [-0.2, -0.15) is 0 Å². The Morgan fingerprint density at radius 1 is 1.67 bits per heavy atom. The summed E-state index contributed by atoms with van der Waals surface area (Å²) < 4.78 is 1.32. The second kappa shape index (κ2) is 5.30. The molecule has 1 saturated heterocycles. The van der Waals surface area contributed by atoms with Crippen LogP contribution < -0.4 is 11.2 Å². The van der Waals surface area contributed by atoms with Gasteiger partial charge in [0.2, 0.25) is 0 Å². The molecule has 2 heterocycles. The maximum Gasteiger partial charge on any atom is 0.329 e. The van der Waals surface area contributed by atoms with Gasteiger partial charge in [0.05, 0.1) is 18.0 Å². The highest BCUT2D eigenvalue weighted by Crippen LogP contribution is 2.42. The molecule has 0 amide bonds. The maximum absolute atomic E-state index is 11.7. The van der Waals surface area contributed by atoms with Crippen LogP contribution in [0.2, 0.25) is 0 Å². The van der Waals surface area contributed by atoms with Crippen LogP contribution in [0.4, 0.5) is 0 Å². The van der Waals surface area contributed by atoms with Gasteiger partial charge in [0, 0.05) is 22.4 Å². The first-order chi connectivity index (χ1) is 8.65. The maximum atomic E-state index is 11.7. The Labute approximate surface area is 105 Å². The summed E-state index contributed by atoms with van der Waals surface area (Å²) in [5, 5.41) is 12.3. The number of hydrogen-bond donors (Lipinski definition) is 2. The van der Waals surface area contributed by atoms with E-state index >= 15 is 0 Å². The number of nitrogens with one attached hydrogen (secondary N) is 1. The number of aromatic amines is 1. The van der Waals surface area contributed by atoms with E-state index in [4.69, 9.17) is 10.6 Å². The SMILES string of the molecule is [N-]=[N+]=NC1C[C@H](CO)S[C@H]1n1ccc(=O)[nH]c1=O. The van der Waals surface area contributed by atoms with Gasteiger partial charge >= 0.3 is 5.69 Å². The third-order valence-electron chi connectivity index (χ3n) is 2.69. The van der Waals surface area contributed by atoms with Crippen molar-refractivity contribution in [1.82, 2.24) is 9.55 Å². The van der Waals surface area contributed by atoms with Crippen molar-refractivity contribution < 1.29 is 5.11 Å². The predicted octanol–water partition coefficient (Wildman–Crippen LogP) is 0.212. The van der Waals surface area contributed by atoms with Crippen LogP contribution in [0.3, 0.4) is 0 Å². The fourth-order valence-corrected chi connectivity index (χ4v) is 3.33. The molecule has 96 valence electrons. The molecule has 8 nitrogen and oxygen atoms in total. The molecule has 1 aliphatic rings. The average Bonchev–Trinajstić information content (AvgIpc) is 2.73. The van der Waals surface area contributed by atoms with Crippen molar-refractivity contribution >= 4 is 11.8 Å². The highest BCUT2D eigenvalue weighted by molar-refractivity contribution is 8.00. The third kappa shape index (κ3) is 2.42. The number of H-pyrrole nitrogens is 1. The quantitative estimate of drug-likeness (QED) is 0.462. The van der Waals surface area contributed by atoms with Gasteiger partial charge in [-0.3, -0.25) is 14.3 Å². The Morgan fingerprint density at radius 2 is 2.44 bits per heavy atom. The zero-order chi connectivity index (χ0) is 13.1. The number of aromatic nitrogens is 2. The molecule has 1 aromatic rings. The normalized spacial score (nSPS) is 26.8. The van der Waals surface area contributed by atoms with Crippen molar-refractivity contribution in [3.63, 3.8) is 0 Å². The van der Waals surface area contributed by atoms with E-state index in [-0.39, 0.29) is 11.9 Å². The minimum atomic E-state index is -0.545. The molecule has 1 fully saturated rings. The average molecular weight is 269 g/mol. The number of aliphatic hydroxyl groups is 1. The second-order valence-electron chi connectivity index (χ2n) is 3.86. The van der Waals surface area contributed by atoms with Crippen LogP contribution >= 0.6 is 11.8 Å². The van der Waals surface area contributed by atoms with E-state index < -0.39 is 22.7 Å². The van der Waals surface area contributed by atoms with Crippen LogP contribution in [0, 0.1) is 0 Å². The third-order valence-corrected chi connectivity index (χ3v) is 4.24. The number of aliphatic hydroxyl groups excluding tert-OH is 1. The lowest BCUT2D eigenvalue weighted by molar-refractivity contribution is 0.289. The summed E-state index contributed by atoms with van der Waals surface area (Å²) in [5.41, 5.74) is 7.49. The topological polar surface area (TPSA) is 124 Å². The summed E-state index contributed by atoms with van der Waals surface area (Å²) in [6.45, 7) is -0.0449. The Balaban J connectivity index is 2.38. The standard InChI is InChI=1S/C9H11N5O3S/c10-13-12-6-3-5(4-15)18-8(6)14-2-1-7(16)11-9(14)17/h1-2,5-6,8,15H,3-4H2,(H,11,16,17)/t5-,6?,8-/m1/s1. The number of rotatable bonds is 3. The fourth-order valence-electron chi connectivity index (χ4n) is 1.90. The van der Waals surface area contributed by atoms with Crippen molar-refractivity contribution in [1.29, 1.82) is 0 Å². The van der Waals surface area contributed by atoms with E-state index in [0.29, 0.717) is 6.42 Å². The molecule has 0 spiro atoms. The van der Waals surface area contributed by atoms with E-state index in [0.717, 1.165) is 0 Å². The molecule has 0 radical (unpaired) electrons. The predicted molar refractivity (Wildman–Crippen MR) is 66.4 cm³/mol. The smallest absolute Gasteiger partial charge is 0.329 e. The van der Waals surface area contributed by atoms with Gasteiger partial charge in [0.15, 0.2) is 0 Å². The molecular weight excluding hydrogens is 258 g/mol. The van der Waals surface area contributed by atoms with Crippen LogP contribution in [0.5, 0.6) is 0 Å². The van der Waals surface area contributed by atoms with E-state index in [9.17, 15) is 9.59 Å². The fraction of sp³-hybridized carbons (Fsp3) is 0.556. The highest BCUT2D eigenvalue weighted by atomic mass is 32.2. The summed E-state index contributed by atoms with van der Waals surface area (Å²) >= 11 is 1.36. The van der Waals surface area contributed by atoms with Crippen molar-refractivity contribution in [2.24, 2.45) is 5.11 Å². The highest BCUT2D eigenvalue weighted by Gasteiger charge is 2.35. The van der Waals surface area contributed by atoms with Crippen LogP contribution in [-0.2, 0) is 0 Å². The Morgan fingerprint density at radius 3 is 3.06 bits per heavy atom. The van der Waals surface area contributed by atoms with Crippen LogP contribution in [0.15, 0.2) is 27.0 Å². The summed E-state index contributed by atoms with van der Waals surface area (Å²) in [5.74, 6) is 0. The van der Waals surface area contributed by atoms with E-state index in [1.165, 1.54) is 28.6 Å². The van der Waals surface area contributed by atoms with Crippen LogP contribution in [0.1, 0.15) is 11.8 Å². The van der Waals surface area contributed by atoms with Crippen LogP contribution in [0.25, 0.3) is 10.4 Å². The number of thioether (sulfide) groups is 1. The lowest BCUT2D eigenvalue weighted by atomic mass is 10.2. The van der Waals surface area contributed by atoms with Gasteiger partial charge in [0.1, 0.15) is 0 Å². The minimum Gasteiger partial charge on any atom is -0.395 e. The van der Waals surface area contributed by atoms with E-state index in [1.807, 2.05) is 0 Å².